The Kier molecular flexibility index (Phi) is 4.19. The van der Waals surface area contributed by atoms with Crippen molar-refractivity contribution in [1.82, 2.24) is 4.98 Å². The molecule has 1 aliphatic rings. The topological polar surface area (TPSA) is 62.4 Å². The number of aliphatic hydroxyl groups excluding tert-OH is 1. The molecule has 0 bridgehead atoms. The third kappa shape index (κ3) is 2.82. The van der Waals surface area contributed by atoms with Gasteiger partial charge in [-0.1, -0.05) is 6.07 Å². The SMILES string of the molecule is Cc1ccc(CN)c(N2CCC(C(C)O)CC2)n1. The molecule has 100 valence electrons. The fraction of sp³-hybridized carbons (Fsp3) is 0.643. The Bertz CT molecular complexity index is 398. The maximum Gasteiger partial charge on any atom is 0.133 e. The number of aromatic nitrogens is 1. The minimum Gasteiger partial charge on any atom is -0.393 e. The summed E-state index contributed by atoms with van der Waals surface area (Å²) in [6.45, 7) is 6.33. The molecule has 1 aromatic rings. The van der Waals surface area contributed by atoms with E-state index in [0.29, 0.717) is 12.5 Å². The van der Waals surface area contributed by atoms with Gasteiger partial charge >= 0.3 is 0 Å². The smallest absolute Gasteiger partial charge is 0.133 e. The van der Waals surface area contributed by atoms with Crippen molar-refractivity contribution in [3.8, 4) is 0 Å². The lowest BCUT2D eigenvalue weighted by Crippen LogP contribution is -2.38. The Morgan fingerprint density at radius 1 is 1.44 bits per heavy atom. The molecule has 1 aromatic heterocycles. The lowest BCUT2D eigenvalue weighted by atomic mass is 9.92. The van der Waals surface area contributed by atoms with Crippen molar-refractivity contribution in [2.24, 2.45) is 11.7 Å². The van der Waals surface area contributed by atoms with Gasteiger partial charge in [0.2, 0.25) is 0 Å². The van der Waals surface area contributed by atoms with Crippen LogP contribution in [-0.2, 0) is 6.54 Å². The molecule has 0 saturated carbocycles. The van der Waals surface area contributed by atoms with Gasteiger partial charge in [-0.15, -0.1) is 0 Å². The standard InChI is InChI=1S/C14H23N3O/c1-10-3-4-13(9-15)14(16-10)17-7-5-12(6-8-17)11(2)18/h3-4,11-12,18H,5-9,15H2,1-2H3. The van der Waals surface area contributed by atoms with E-state index in [-0.39, 0.29) is 6.10 Å². The largest absolute Gasteiger partial charge is 0.393 e. The van der Waals surface area contributed by atoms with Crippen LogP contribution in [0, 0.1) is 12.8 Å². The molecule has 2 heterocycles. The van der Waals surface area contributed by atoms with Crippen molar-refractivity contribution in [1.29, 1.82) is 0 Å². The number of rotatable bonds is 3. The molecule has 1 fully saturated rings. The number of nitrogens with two attached hydrogens (primary N) is 1. The molecule has 2 rings (SSSR count). The maximum absolute atomic E-state index is 9.62. The average molecular weight is 249 g/mol. The van der Waals surface area contributed by atoms with Gasteiger partial charge in [-0.05, 0) is 38.7 Å². The van der Waals surface area contributed by atoms with Gasteiger partial charge in [0.15, 0.2) is 0 Å². The molecular weight excluding hydrogens is 226 g/mol. The minimum absolute atomic E-state index is 0.202. The molecule has 1 saturated heterocycles. The van der Waals surface area contributed by atoms with Gasteiger partial charge in [-0.25, -0.2) is 4.98 Å². The zero-order chi connectivity index (χ0) is 13.1. The van der Waals surface area contributed by atoms with E-state index in [1.165, 1.54) is 0 Å². The zero-order valence-corrected chi connectivity index (χ0v) is 11.3. The molecule has 1 atom stereocenters. The van der Waals surface area contributed by atoms with Crippen LogP contribution in [0.5, 0.6) is 0 Å². The Labute approximate surface area is 109 Å². The summed E-state index contributed by atoms with van der Waals surface area (Å²) < 4.78 is 0. The van der Waals surface area contributed by atoms with Crippen molar-refractivity contribution < 1.29 is 5.11 Å². The summed E-state index contributed by atoms with van der Waals surface area (Å²) in [5.74, 6) is 1.45. The van der Waals surface area contributed by atoms with E-state index < -0.39 is 0 Å². The summed E-state index contributed by atoms with van der Waals surface area (Å²) >= 11 is 0. The first-order chi connectivity index (χ1) is 8.61. The van der Waals surface area contributed by atoms with Gasteiger partial charge in [0.05, 0.1) is 6.10 Å². The van der Waals surface area contributed by atoms with E-state index in [1.807, 2.05) is 19.9 Å². The van der Waals surface area contributed by atoms with Crippen molar-refractivity contribution >= 4 is 5.82 Å². The molecule has 0 amide bonds. The molecule has 0 aromatic carbocycles. The molecule has 1 aliphatic heterocycles. The summed E-state index contributed by atoms with van der Waals surface area (Å²) in [4.78, 5) is 6.92. The summed E-state index contributed by atoms with van der Waals surface area (Å²) in [6.07, 6.45) is 1.85. The van der Waals surface area contributed by atoms with Crippen molar-refractivity contribution in [2.75, 3.05) is 18.0 Å². The van der Waals surface area contributed by atoms with Gasteiger partial charge < -0.3 is 15.7 Å². The Hall–Kier alpha value is -1.13. The lowest BCUT2D eigenvalue weighted by Gasteiger charge is -2.35. The van der Waals surface area contributed by atoms with Crippen LogP contribution >= 0.6 is 0 Å². The summed E-state index contributed by atoms with van der Waals surface area (Å²) in [5, 5.41) is 9.62. The van der Waals surface area contributed by atoms with Crippen LogP contribution in [0.3, 0.4) is 0 Å². The Morgan fingerprint density at radius 2 is 2.11 bits per heavy atom. The second-order valence-corrected chi connectivity index (χ2v) is 5.20. The van der Waals surface area contributed by atoms with Crippen LogP contribution in [0.4, 0.5) is 5.82 Å². The van der Waals surface area contributed by atoms with Gasteiger partial charge in [0.25, 0.3) is 0 Å². The van der Waals surface area contributed by atoms with Crippen LogP contribution in [0.1, 0.15) is 31.0 Å². The quantitative estimate of drug-likeness (QED) is 0.851. The highest BCUT2D eigenvalue weighted by Gasteiger charge is 2.24. The van der Waals surface area contributed by atoms with Crippen LogP contribution in [0.2, 0.25) is 0 Å². The molecule has 4 nitrogen and oxygen atoms in total. The van der Waals surface area contributed by atoms with Crippen LogP contribution in [0.15, 0.2) is 12.1 Å². The first kappa shape index (κ1) is 13.3. The number of piperidine rings is 1. The van der Waals surface area contributed by atoms with Crippen molar-refractivity contribution in [2.45, 2.75) is 39.3 Å². The average Bonchev–Trinajstić information content (AvgIpc) is 2.39. The second kappa shape index (κ2) is 5.67. The number of hydrogen-bond acceptors (Lipinski definition) is 4. The molecule has 18 heavy (non-hydrogen) atoms. The van der Waals surface area contributed by atoms with E-state index in [2.05, 4.69) is 16.0 Å². The molecular formula is C14H23N3O. The van der Waals surface area contributed by atoms with Gasteiger partial charge in [0.1, 0.15) is 5.82 Å². The summed E-state index contributed by atoms with van der Waals surface area (Å²) in [7, 11) is 0. The number of pyridine rings is 1. The fourth-order valence-electron chi connectivity index (χ4n) is 2.60. The Balaban J connectivity index is 2.11. The monoisotopic (exact) mass is 249 g/mol. The third-order valence-corrected chi connectivity index (χ3v) is 3.84. The maximum atomic E-state index is 9.62. The van der Waals surface area contributed by atoms with Crippen LogP contribution in [0.25, 0.3) is 0 Å². The first-order valence-electron chi connectivity index (χ1n) is 6.71. The third-order valence-electron chi connectivity index (χ3n) is 3.84. The highest BCUT2D eigenvalue weighted by atomic mass is 16.3. The number of aryl methyl sites for hydroxylation is 1. The second-order valence-electron chi connectivity index (χ2n) is 5.20. The predicted octanol–water partition coefficient (Wildman–Crippen LogP) is 1.45. The zero-order valence-electron chi connectivity index (χ0n) is 11.3. The van der Waals surface area contributed by atoms with Crippen molar-refractivity contribution in [3.63, 3.8) is 0 Å². The van der Waals surface area contributed by atoms with E-state index in [0.717, 1.165) is 43.0 Å². The minimum atomic E-state index is -0.202. The van der Waals surface area contributed by atoms with E-state index in [1.54, 1.807) is 0 Å². The molecule has 1 unspecified atom stereocenters. The molecule has 0 aliphatic carbocycles. The number of aliphatic hydroxyl groups is 1. The van der Waals surface area contributed by atoms with Gasteiger partial charge in [-0.2, -0.15) is 0 Å². The molecule has 0 spiro atoms. The van der Waals surface area contributed by atoms with Crippen LogP contribution in [-0.4, -0.2) is 29.3 Å². The van der Waals surface area contributed by atoms with E-state index in [9.17, 15) is 5.11 Å². The van der Waals surface area contributed by atoms with Gasteiger partial charge in [0, 0.05) is 30.9 Å². The molecule has 4 heteroatoms. The highest BCUT2D eigenvalue weighted by molar-refractivity contribution is 5.48. The number of hydrogen-bond donors (Lipinski definition) is 2. The first-order valence-corrected chi connectivity index (χ1v) is 6.71. The summed E-state index contributed by atoms with van der Waals surface area (Å²) in [6, 6.07) is 4.08. The molecule has 3 N–H and O–H groups in total. The number of anilines is 1. The molecule has 0 radical (unpaired) electrons. The Morgan fingerprint density at radius 3 is 2.67 bits per heavy atom. The van der Waals surface area contributed by atoms with E-state index >= 15 is 0 Å². The van der Waals surface area contributed by atoms with Gasteiger partial charge in [-0.3, -0.25) is 0 Å². The fourth-order valence-corrected chi connectivity index (χ4v) is 2.60. The van der Waals surface area contributed by atoms with E-state index in [4.69, 9.17) is 5.73 Å². The predicted molar refractivity (Wildman–Crippen MR) is 73.5 cm³/mol. The normalized spacial score (nSPS) is 19.0. The van der Waals surface area contributed by atoms with Crippen molar-refractivity contribution in [3.05, 3.63) is 23.4 Å². The lowest BCUT2D eigenvalue weighted by molar-refractivity contribution is 0.109. The van der Waals surface area contributed by atoms with Crippen LogP contribution < -0.4 is 10.6 Å². The number of nitrogens with zero attached hydrogens (tertiary/aromatic N) is 2. The summed E-state index contributed by atoms with van der Waals surface area (Å²) in [5.41, 5.74) is 7.91. The highest BCUT2D eigenvalue weighted by Crippen LogP contribution is 2.26.